The summed E-state index contributed by atoms with van der Waals surface area (Å²) in [4.78, 5) is 0. The van der Waals surface area contributed by atoms with Crippen LogP contribution in [0.4, 0.5) is 0 Å². The minimum absolute atomic E-state index is 0.670. The molecular weight excluding hydrogens is 278 g/mol. The van der Waals surface area contributed by atoms with Crippen LogP contribution in [0.15, 0.2) is 30.5 Å². The van der Waals surface area contributed by atoms with Gasteiger partial charge >= 0.3 is 0 Å². The molecule has 1 heterocycles. The standard InChI is InChI=1S/C17H23N3O2/c1-3-4-5-6-11-22-17-13-18-20-19-16(17)12-14-7-9-15(21-2)10-8-14/h7-10,13H,3-6,11-12H2,1-2H3. The molecule has 0 aliphatic heterocycles. The molecule has 22 heavy (non-hydrogen) atoms. The second-order valence-corrected chi connectivity index (χ2v) is 5.18. The number of benzene rings is 1. The Labute approximate surface area is 131 Å². The average molecular weight is 301 g/mol. The van der Waals surface area contributed by atoms with E-state index in [4.69, 9.17) is 9.47 Å². The van der Waals surface area contributed by atoms with Crippen LogP contribution in [0.1, 0.15) is 43.9 Å². The summed E-state index contributed by atoms with van der Waals surface area (Å²) >= 11 is 0. The first kappa shape index (κ1) is 16.2. The van der Waals surface area contributed by atoms with E-state index in [1.54, 1.807) is 13.3 Å². The molecular formula is C17H23N3O2. The van der Waals surface area contributed by atoms with Gasteiger partial charge in [-0.1, -0.05) is 38.3 Å². The smallest absolute Gasteiger partial charge is 0.163 e. The molecule has 1 aromatic carbocycles. The first-order valence-electron chi connectivity index (χ1n) is 7.76. The number of methoxy groups -OCH3 is 1. The normalized spacial score (nSPS) is 10.5. The summed E-state index contributed by atoms with van der Waals surface area (Å²) in [5.41, 5.74) is 1.95. The van der Waals surface area contributed by atoms with Gasteiger partial charge in [0, 0.05) is 6.42 Å². The molecule has 0 amide bonds. The van der Waals surface area contributed by atoms with Gasteiger partial charge in [-0.05, 0) is 29.3 Å². The lowest BCUT2D eigenvalue weighted by molar-refractivity contribution is 0.298. The third kappa shape index (κ3) is 4.98. The number of nitrogens with zero attached hydrogens (tertiary/aromatic N) is 3. The molecule has 0 aliphatic rings. The van der Waals surface area contributed by atoms with Crippen molar-refractivity contribution in [3.05, 3.63) is 41.7 Å². The summed E-state index contributed by atoms with van der Waals surface area (Å²) in [6.45, 7) is 2.90. The summed E-state index contributed by atoms with van der Waals surface area (Å²) in [5, 5.41) is 11.7. The van der Waals surface area contributed by atoms with Crippen molar-refractivity contribution in [3.8, 4) is 11.5 Å². The van der Waals surface area contributed by atoms with Crippen LogP contribution in [0.2, 0.25) is 0 Å². The van der Waals surface area contributed by atoms with Crippen LogP contribution in [-0.2, 0) is 6.42 Å². The van der Waals surface area contributed by atoms with Crippen molar-refractivity contribution < 1.29 is 9.47 Å². The Kier molecular flexibility index (Phi) is 6.61. The molecule has 1 aromatic heterocycles. The number of aromatic nitrogens is 3. The largest absolute Gasteiger partial charge is 0.497 e. The van der Waals surface area contributed by atoms with Gasteiger partial charge in [-0.2, -0.15) is 0 Å². The number of hydrogen-bond donors (Lipinski definition) is 0. The Bertz CT molecular complexity index is 558. The van der Waals surface area contributed by atoms with E-state index in [-0.39, 0.29) is 0 Å². The predicted octanol–water partition coefficient (Wildman–Crippen LogP) is 3.43. The fraction of sp³-hybridized carbons (Fsp3) is 0.471. The summed E-state index contributed by atoms with van der Waals surface area (Å²) in [7, 11) is 1.66. The summed E-state index contributed by atoms with van der Waals surface area (Å²) in [5.74, 6) is 1.57. The highest BCUT2D eigenvalue weighted by Gasteiger charge is 2.08. The zero-order valence-corrected chi connectivity index (χ0v) is 13.3. The molecule has 0 fully saturated rings. The molecule has 0 spiro atoms. The van der Waals surface area contributed by atoms with E-state index in [1.165, 1.54) is 19.3 Å². The number of ether oxygens (including phenoxy) is 2. The molecule has 2 aromatic rings. The molecule has 0 unspecified atom stereocenters. The van der Waals surface area contributed by atoms with Gasteiger partial charge in [0.05, 0.1) is 19.9 Å². The average Bonchev–Trinajstić information content (AvgIpc) is 2.57. The fourth-order valence-corrected chi connectivity index (χ4v) is 2.17. The van der Waals surface area contributed by atoms with E-state index in [2.05, 4.69) is 22.3 Å². The minimum Gasteiger partial charge on any atom is -0.497 e. The summed E-state index contributed by atoms with van der Waals surface area (Å²) < 4.78 is 11.0. The van der Waals surface area contributed by atoms with Gasteiger partial charge < -0.3 is 9.47 Å². The van der Waals surface area contributed by atoms with Crippen LogP contribution in [0.25, 0.3) is 0 Å². The molecule has 0 saturated carbocycles. The summed E-state index contributed by atoms with van der Waals surface area (Å²) in [6, 6.07) is 7.92. The predicted molar refractivity (Wildman–Crippen MR) is 85.3 cm³/mol. The molecule has 0 aliphatic carbocycles. The quantitative estimate of drug-likeness (QED) is 0.664. The fourth-order valence-electron chi connectivity index (χ4n) is 2.17. The van der Waals surface area contributed by atoms with Crippen LogP contribution in [-0.4, -0.2) is 29.1 Å². The number of unbranched alkanes of at least 4 members (excludes halogenated alkanes) is 3. The molecule has 2 rings (SSSR count). The summed E-state index contributed by atoms with van der Waals surface area (Å²) in [6.07, 6.45) is 7.03. The van der Waals surface area contributed by atoms with Crippen molar-refractivity contribution in [3.63, 3.8) is 0 Å². The van der Waals surface area contributed by atoms with E-state index >= 15 is 0 Å². The number of rotatable bonds is 9. The second-order valence-electron chi connectivity index (χ2n) is 5.18. The third-order valence-corrected chi connectivity index (χ3v) is 3.46. The topological polar surface area (TPSA) is 57.1 Å². The van der Waals surface area contributed by atoms with Gasteiger partial charge in [0.2, 0.25) is 0 Å². The van der Waals surface area contributed by atoms with Gasteiger partial charge in [-0.15, -0.1) is 10.2 Å². The third-order valence-electron chi connectivity index (χ3n) is 3.46. The van der Waals surface area contributed by atoms with Gasteiger partial charge in [0.15, 0.2) is 5.75 Å². The monoisotopic (exact) mass is 301 g/mol. The number of hydrogen-bond acceptors (Lipinski definition) is 5. The lowest BCUT2D eigenvalue weighted by Crippen LogP contribution is -2.05. The zero-order valence-electron chi connectivity index (χ0n) is 13.3. The van der Waals surface area contributed by atoms with Crippen molar-refractivity contribution in [2.75, 3.05) is 13.7 Å². The van der Waals surface area contributed by atoms with Crippen LogP contribution in [0.3, 0.4) is 0 Å². The minimum atomic E-state index is 0.670. The van der Waals surface area contributed by atoms with Gasteiger partial charge in [-0.3, -0.25) is 0 Å². The zero-order chi connectivity index (χ0) is 15.6. The Balaban J connectivity index is 1.95. The highest BCUT2D eigenvalue weighted by Crippen LogP contribution is 2.19. The van der Waals surface area contributed by atoms with Crippen molar-refractivity contribution >= 4 is 0 Å². The van der Waals surface area contributed by atoms with Crippen LogP contribution in [0.5, 0.6) is 11.5 Å². The lowest BCUT2D eigenvalue weighted by Gasteiger charge is -2.09. The lowest BCUT2D eigenvalue weighted by atomic mass is 10.1. The van der Waals surface area contributed by atoms with Crippen molar-refractivity contribution in [1.82, 2.24) is 15.4 Å². The SMILES string of the molecule is CCCCCCOc1cnnnc1Cc1ccc(OC)cc1. The second kappa shape index (κ2) is 8.97. The van der Waals surface area contributed by atoms with E-state index in [0.29, 0.717) is 13.0 Å². The highest BCUT2D eigenvalue weighted by atomic mass is 16.5. The first-order valence-corrected chi connectivity index (χ1v) is 7.76. The van der Waals surface area contributed by atoms with E-state index in [1.807, 2.05) is 24.3 Å². The molecule has 0 radical (unpaired) electrons. The Morgan fingerprint density at radius 3 is 2.59 bits per heavy atom. The Morgan fingerprint density at radius 2 is 1.86 bits per heavy atom. The van der Waals surface area contributed by atoms with Gasteiger partial charge in [-0.25, -0.2) is 0 Å². The van der Waals surface area contributed by atoms with Crippen molar-refractivity contribution in [1.29, 1.82) is 0 Å². The molecule has 0 saturated heterocycles. The molecule has 118 valence electrons. The highest BCUT2D eigenvalue weighted by molar-refractivity contribution is 5.33. The van der Waals surface area contributed by atoms with E-state index < -0.39 is 0 Å². The molecule has 5 nitrogen and oxygen atoms in total. The maximum absolute atomic E-state index is 5.81. The Hall–Kier alpha value is -2.17. The van der Waals surface area contributed by atoms with E-state index in [0.717, 1.165) is 29.2 Å². The maximum atomic E-state index is 5.81. The molecule has 0 bridgehead atoms. The van der Waals surface area contributed by atoms with Crippen LogP contribution >= 0.6 is 0 Å². The van der Waals surface area contributed by atoms with Gasteiger partial charge in [0.1, 0.15) is 11.4 Å². The molecule has 0 atom stereocenters. The Morgan fingerprint density at radius 1 is 1.05 bits per heavy atom. The first-order chi connectivity index (χ1) is 10.8. The van der Waals surface area contributed by atoms with Crippen LogP contribution < -0.4 is 9.47 Å². The maximum Gasteiger partial charge on any atom is 0.163 e. The van der Waals surface area contributed by atoms with E-state index in [9.17, 15) is 0 Å². The van der Waals surface area contributed by atoms with Crippen LogP contribution in [0, 0.1) is 0 Å². The van der Waals surface area contributed by atoms with Crippen molar-refractivity contribution in [2.45, 2.75) is 39.0 Å². The van der Waals surface area contributed by atoms with Crippen molar-refractivity contribution in [2.24, 2.45) is 0 Å². The van der Waals surface area contributed by atoms with Gasteiger partial charge in [0.25, 0.3) is 0 Å². The molecule has 0 N–H and O–H groups in total. The molecule has 5 heteroatoms.